The molecule has 3 aromatic heterocycles. The standard InChI is InChI=1S/C65H78FN9O9S/c1-8-82-63-56(31-49-50(66)16-17-51(49)70-63)84-55-30-43(14-15-47(55)62(76)71-85(79,80)57-32-52(72(6)78)58(60-59(57)68-38-69-60)67-35-41-19-21-64(5,77)22-20-41)74-25-23-65(24-26-74)33-44(34-65)75-28-27-73(37-53(75)46-12-10-9-11-45(46)39(2)3)36-42-13-18-54(81-7)61-48(42)29-40(4)83-61/h9-16,18,29-32,38-39,41,44,53,67,72,77H,8,17,19-28,33-37H2,1-7H3,(H,68,69)(H,71,76)/t41?,53-,64?/m0/s1. The average Bonchev–Trinajstić information content (AvgIpc) is 3.11. The summed E-state index contributed by atoms with van der Waals surface area (Å²) in [7, 11) is -1.67. The number of nitrogens with one attached hydrogen (secondary N) is 4. The number of aliphatic hydroxyl groups is 1. The van der Waals surface area contributed by atoms with Crippen LogP contribution in [-0.4, -0.2) is 116 Å². The molecule has 2 saturated carbocycles. The topological polar surface area (TPSA) is 215 Å². The van der Waals surface area contributed by atoms with Crippen LogP contribution in [0.4, 0.5) is 21.5 Å². The highest BCUT2D eigenvalue weighted by molar-refractivity contribution is 7.90. The summed E-state index contributed by atoms with van der Waals surface area (Å²) >= 11 is 0. The highest BCUT2D eigenvalue weighted by Gasteiger charge is 2.50. The number of piperidine rings is 1. The van der Waals surface area contributed by atoms with E-state index in [0.29, 0.717) is 48.2 Å². The van der Waals surface area contributed by atoms with Crippen molar-refractivity contribution < 1.29 is 46.4 Å². The Morgan fingerprint density at radius 2 is 1.78 bits per heavy atom. The number of ether oxygens (including phenoxy) is 3. The lowest BCUT2D eigenvalue weighted by Gasteiger charge is -2.58. The number of fused-ring (bicyclic) bond motifs is 3. The van der Waals surface area contributed by atoms with Gasteiger partial charge in [-0.3, -0.25) is 14.6 Å². The minimum atomic E-state index is -4.71. The van der Waals surface area contributed by atoms with Crippen molar-refractivity contribution in [2.45, 2.75) is 127 Å². The summed E-state index contributed by atoms with van der Waals surface area (Å²) in [4.78, 5) is 34.0. The molecule has 4 aromatic carbocycles. The third kappa shape index (κ3) is 11.6. The van der Waals surface area contributed by atoms with Gasteiger partial charge in [0.1, 0.15) is 33.4 Å². The van der Waals surface area contributed by atoms with Gasteiger partial charge in [-0.2, -0.15) is 0 Å². The van der Waals surface area contributed by atoms with Crippen LogP contribution in [0.3, 0.4) is 0 Å². The van der Waals surface area contributed by atoms with Gasteiger partial charge in [-0.05, 0) is 142 Å². The van der Waals surface area contributed by atoms with E-state index in [-0.39, 0.29) is 80.1 Å². The molecule has 1 spiro atoms. The highest BCUT2D eigenvalue weighted by atomic mass is 32.2. The van der Waals surface area contributed by atoms with Crippen molar-refractivity contribution in [2.75, 3.05) is 70.2 Å². The van der Waals surface area contributed by atoms with E-state index in [4.69, 9.17) is 18.6 Å². The molecule has 20 heteroatoms. The Morgan fingerprint density at radius 3 is 2.52 bits per heavy atom. The van der Waals surface area contributed by atoms with Crippen molar-refractivity contribution in [2.24, 2.45) is 11.3 Å². The van der Waals surface area contributed by atoms with Crippen molar-refractivity contribution in [1.82, 2.24) is 29.5 Å². The summed E-state index contributed by atoms with van der Waals surface area (Å²) in [6, 6.07) is 23.8. The van der Waals surface area contributed by atoms with Crippen LogP contribution in [0.2, 0.25) is 0 Å². The number of anilines is 2. The van der Waals surface area contributed by atoms with Crippen LogP contribution in [0.5, 0.6) is 23.1 Å². The van der Waals surface area contributed by atoms with E-state index in [9.17, 15) is 23.5 Å². The van der Waals surface area contributed by atoms with Gasteiger partial charge in [0.15, 0.2) is 22.8 Å². The number of allylic oxidation sites excluding steroid dienone is 1. The van der Waals surface area contributed by atoms with E-state index in [1.165, 1.54) is 48.3 Å². The second-order valence-corrected chi connectivity index (χ2v) is 26.5. The summed E-state index contributed by atoms with van der Waals surface area (Å²) < 4.78 is 70.9. The Kier molecular flexibility index (Phi) is 16.0. The van der Waals surface area contributed by atoms with Crippen LogP contribution in [0.15, 0.2) is 94.5 Å². The van der Waals surface area contributed by atoms with Crippen molar-refractivity contribution in [3.05, 3.63) is 130 Å². The molecule has 0 radical (unpaired) electrons. The van der Waals surface area contributed by atoms with Crippen LogP contribution in [0.1, 0.15) is 135 Å². The van der Waals surface area contributed by atoms with E-state index in [1.807, 2.05) is 19.9 Å². The monoisotopic (exact) mass is 1180 g/mol. The fourth-order valence-corrected chi connectivity index (χ4v) is 15.1. The molecular weight excluding hydrogens is 1100 g/mol. The number of quaternary nitrogens is 1. The molecule has 1 unspecified atom stereocenters. The van der Waals surface area contributed by atoms with Crippen LogP contribution < -0.4 is 34.2 Å². The summed E-state index contributed by atoms with van der Waals surface area (Å²) in [6.45, 7) is 16.0. The third-order valence-electron chi connectivity index (χ3n) is 18.7. The number of rotatable bonds is 18. The molecule has 7 aromatic rings. The number of piperazine rings is 1. The smallest absolute Gasteiger partial charge is 0.268 e. The normalized spacial score (nSPS) is 21.5. The Morgan fingerprint density at radius 1 is 1.00 bits per heavy atom. The third-order valence-corrected chi connectivity index (χ3v) is 20.1. The second-order valence-electron chi connectivity index (χ2n) is 24.8. The van der Waals surface area contributed by atoms with Crippen molar-refractivity contribution in [3.63, 3.8) is 0 Å². The van der Waals surface area contributed by atoms with E-state index in [1.54, 1.807) is 32.2 Å². The Balaban J connectivity index is 0.784. The number of sulfonamides is 1. The maximum atomic E-state index is 15.2. The van der Waals surface area contributed by atoms with Gasteiger partial charge in [0, 0.05) is 93.1 Å². The number of hydrogen-bond donors (Lipinski definition) is 5. The zero-order valence-electron chi connectivity index (χ0n) is 49.6. The molecule has 2 saturated heterocycles. The Bertz CT molecular complexity index is 3800. The number of carbonyl (C=O) groups is 1. The SMILES string of the molecule is CCOc1nc2c(cc1Oc1cc(N3CCC4(CC3)CC(N3CCN(Cc5ccc(OC)c6oc(C)cc56)C[C@H]3c3ccccc3C(C)C)C4)ccc1C(=O)NS(=O)(=O)c1cc([NH+](C)[O-])c(NCC3CCC(C)(O)CC3)c3[nH]cnc13)C(F)=CC2. The molecule has 4 fully saturated rings. The zero-order valence-corrected chi connectivity index (χ0v) is 50.5. The first kappa shape index (κ1) is 58.3. The van der Waals surface area contributed by atoms with Crippen molar-refractivity contribution in [1.29, 1.82) is 0 Å². The van der Waals surface area contributed by atoms with Gasteiger partial charge in [0.25, 0.3) is 21.8 Å². The van der Waals surface area contributed by atoms with Gasteiger partial charge in [0.2, 0.25) is 0 Å². The van der Waals surface area contributed by atoms with Gasteiger partial charge < -0.3 is 49.2 Å². The molecular formula is C65H78FN9O9S. The number of aryl methyl sites for hydroxylation is 1. The van der Waals surface area contributed by atoms with Crippen molar-refractivity contribution >= 4 is 60.8 Å². The number of aromatic nitrogens is 3. The van der Waals surface area contributed by atoms with Crippen LogP contribution in [0.25, 0.3) is 27.8 Å². The average molecular weight is 1180 g/mol. The van der Waals surface area contributed by atoms with Crippen molar-refractivity contribution in [3.8, 4) is 23.1 Å². The van der Waals surface area contributed by atoms with Gasteiger partial charge in [-0.15, -0.1) is 0 Å². The molecule has 0 bridgehead atoms. The maximum absolute atomic E-state index is 15.2. The number of amides is 1. The molecule has 12 rings (SSSR count). The number of nitrogens with zero attached hydrogens (tertiary/aromatic N) is 5. The number of H-pyrrole nitrogens is 1. The fraction of sp³-hybridized carbons (Fsp3) is 0.462. The summed E-state index contributed by atoms with van der Waals surface area (Å²) in [5.74, 6) is 0.932. The molecule has 3 aliphatic carbocycles. The van der Waals surface area contributed by atoms with Gasteiger partial charge in [-0.1, -0.05) is 44.2 Å². The van der Waals surface area contributed by atoms with Gasteiger partial charge >= 0.3 is 0 Å². The Labute approximate surface area is 496 Å². The number of hydrogen-bond acceptors (Lipinski definition) is 15. The van der Waals surface area contributed by atoms with Crippen LogP contribution >= 0.6 is 0 Å². The Hall–Kier alpha value is -7.07. The predicted octanol–water partition coefficient (Wildman–Crippen LogP) is 10.6. The lowest BCUT2D eigenvalue weighted by Crippen LogP contribution is -2.98. The largest absolute Gasteiger partial charge is 0.629 e. The second kappa shape index (κ2) is 23.3. The predicted molar refractivity (Wildman–Crippen MR) is 326 cm³/mol. The summed E-state index contributed by atoms with van der Waals surface area (Å²) in [6.07, 6.45) is 10.0. The lowest BCUT2D eigenvalue weighted by atomic mass is 9.59. The summed E-state index contributed by atoms with van der Waals surface area (Å²) in [5.41, 5.74) is 6.51. The minimum Gasteiger partial charge on any atom is -0.629 e. The molecule has 2 atom stereocenters. The van der Waals surface area contributed by atoms with E-state index >= 15 is 4.39 Å². The maximum Gasteiger partial charge on any atom is 0.268 e. The number of carbonyl (C=O) groups excluding carboxylic acids is 1. The van der Waals surface area contributed by atoms with Crippen LogP contribution in [-0.2, 0) is 23.0 Å². The number of hydroxylamine groups is 1. The first-order valence-corrected chi connectivity index (χ1v) is 31.5. The molecule has 2 aliphatic heterocycles. The highest BCUT2D eigenvalue weighted by Crippen LogP contribution is 2.54. The van der Waals surface area contributed by atoms with E-state index in [0.717, 1.165) is 106 Å². The minimum absolute atomic E-state index is 0.0144. The molecule has 450 valence electrons. The number of benzene rings is 4. The first-order valence-electron chi connectivity index (χ1n) is 30.1. The van der Waals surface area contributed by atoms with Crippen LogP contribution in [0, 0.1) is 23.5 Å². The quantitative estimate of drug-likeness (QED) is 0.0505. The molecule has 5 aliphatic rings. The molecule has 18 nitrogen and oxygen atoms in total. The fourth-order valence-electron chi connectivity index (χ4n) is 14.0. The molecule has 1 amide bonds. The number of aromatic amines is 1. The zero-order chi connectivity index (χ0) is 59.5. The number of pyridine rings is 1. The number of furan rings is 1. The number of halogens is 1. The summed E-state index contributed by atoms with van der Waals surface area (Å²) in [5, 5.41) is 27.9. The number of methoxy groups -OCH3 is 1. The number of imidazole rings is 1. The first-order chi connectivity index (χ1) is 40.8. The lowest BCUT2D eigenvalue weighted by molar-refractivity contribution is -0.750. The van der Waals surface area contributed by atoms with Gasteiger partial charge in [-0.25, -0.2) is 27.5 Å². The molecule has 5 heterocycles. The molecule has 5 N–H and O–H groups in total. The van der Waals surface area contributed by atoms with Gasteiger partial charge in [0.05, 0.1) is 49.5 Å². The molecule has 85 heavy (non-hydrogen) atoms. The van der Waals surface area contributed by atoms with E-state index in [2.05, 4.69) is 89.9 Å². The van der Waals surface area contributed by atoms with E-state index < -0.39 is 27.4 Å².